The van der Waals surface area contributed by atoms with E-state index in [4.69, 9.17) is 18.4 Å². The standard InChI is InChI=1S/C22H32N4O3S2/c1-2-24-21(29)22(30)9-4-10-26(13-22)14-7-11-25(12-8-14)20(28)17-15-5-3-6-16(27)18(15)31-19(17)23/h14,30H,2-13,23H2,1H3,(H,24,29). The molecule has 2 fully saturated rings. The summed E-state index contributed by atoms with van der Waals surface area (Å²) in [6.07, 6.45) is 5.57. The van der Waals surface area contributed by atoms with Gasteiger partial charge in [0.05, 0.1) is 15.4 Å². The molecule has 2 aliphatic heterocycles. The molecular formula is C22H32N4O3S2. The summed E-state index contributed by atoms with van der Waals surface area (Å²) >= 11 is 6.03. The van der Waals surface area contributed by atoms with Crippen molar-refractivity contribution in [1.82, 2.24) is 15.1 Å². The van der Waals surface area contributed by atoms with Crippen molar-refractivity contribution in [3.63, 3.8) is 0 Å². The number of carbonyl (C=O) groups excluding carboxylic acids is 3. The topological polar surface area (TPSA) is 95.7 Å². The zero-order valence-electron chi connectivity index (χ0n) is 18.1. The van der Waals surface area contributed by atoms with Crippen molar-refractivity contribution in [2.45, 2.75) is 62.7 Å². The van der Waals surface area contributed by atoms with Crippen molar-refractivity contribution in [1.29, 1.82) is 0 Å². The summed E-state index contributed by atoms with van der Waals surface area (Å²) in [6.45, 7) is 5.48. The van der Waals surface area contributed by atoms with Crippen LogP contribution in [0.3, 0.4) is 0 Å². The van der Waals surface area contributed by atoms with Crippen LogP contribution in [0.2, 0.25) is 0 Å². The quantitative estimate of drug-likeness (QED) is 0.595. The second-order valence-corrected chi connectivity index (χ2v) is 10.8. The monoisotopic (exact) mass is 464 g/mol. The van der Waals surface area contributed by atoms with E-state index in [-0.39, 0.29) is 17.6 Å². The Kier molecular flexibility index (Phi) is 6.65. The lowest BCUT2D eigenvalue weighted by atomic mass is 9.91. The predicted molar refractivity (Wildman–Crippen MR) is 126 cm³/mol. The number of anilines is 1. The van der Waals surface area contributed by atoms with Crippen LogP contribution in [-0.2, 0) is 11.2 Å². The lowest BCUT2D eigenvalue weighted by molar-refractivity contribution is -0.125. The highest BCUT2D eigenvalue weighted by atomic mass is 32.1. The third-order valence-electron chi connectivity index (χ3n) is 6.86. The number of thiophene rings is 1. The van der Waals surface area contributed by atoms with Gasteiger partial charge in [0.1, 0.15) is 4.75 Å². The number of likely N-dealkylation sites (tertiary alicyclic amines) is 2. The molecule has 7 nitrogen and oxygen atoms in total. The van der Waals surface area contributed by atoms with Crippen molar-refractivity contribution in [2.75, 3.05) is 38.5 Å². The van der Waals surface area contributed by atoms with Gasteiger partial charge in [-0.05, 0) is 57.6 Å². The molecule has 170 valence electrons. The van der Waals surface area contributed by atoms with Crippen LogP contribution in [0.1, 0.15) is 71.0 Å². The van der Waals surface area contributed by atoms with E-state index < -0.39 is 4.75 Å². The van der Waals surface area contributed by atoms with E-state index in [2.05, 4.69) is 10.2 Å². The molecule has 2 saturated heterocycles. The molecule has 4 rings (SSSR count). The van der Waals surface area contributed by atoms with Gasteiger partial charge in [0, 0.05) is 38.6 Å². The molecule has 1 aromatic heterocycles. The number of carbonyl (C=O) groups is 3. The smallest absolute Gasteiger partial charge is 0.257 e. The summed E-state index contributed by atoms with van der Waals surface area (Å²) in [5, 5.41) is 3.40. The Balaban J connectivity index is 1.40. The molecule has 0 radical (unpaired) electrons. The Morgan fingerprint density at radius 2 is 1.97 bits per heavy atom. The number of thiol groups is 1. The van der Waals surface area contributed by atoms with E-state index in [0.717, 1.165) is 50.6 Å². The van der Waals surface area contributed by atoms with E-state index in [9.17, 15) is 14.4 Å². The molecule has 0 spiro atoms. The van der Waals surface area contributed by atoms with Crippen LogP contribution in [-0.4, -0.2) is 70.9 Å². The largest absolute Gasteiger partial charge is 0.390 e. The molecule has 2 amide bonds. The maximum Gasteiger partial charge on any atom is 0.257 e. The third kappa shape index (κ3) is 4.36. The van der Waals surface area contributed by atoms with Crippen LogP contribution in [0.25, 0.3) is 0 Å². The van der Waals surface area contributed by atoms with Crippen LogP contribution in [0.4, 0.5) is 5.00 Å². The number of nitrogens with two attached hydrogens (primary N) is 1. The fourth-order valence-corrected chi connectivity index (χ4v) is 6.70. The SMILES string of the molecule is CCNC(=O)C1(S)CCCN(C2CCN(C(=O)c3c(N)sc4c3CCCC4=O)CC2)C1. The molecule has 0 bridgehead atoms. The number of nitrogens with zero attached hydrogens (tertiary/aromatic N) is 2. The summed E-state index contributed by atoms with van der Waals surface area (Å²) in [5.74, 6) is 0.0960. The lowest BCUT2D eigenvalue weighted by Crippen LogP contribution is -2.57. The number of nitrogen functional groups attached to an aromatic ring is 1. The molecule has 3 aliphatic rings. The van der Waals surface area contributed by atoms with Crippen molar-refractivity contribution < 1.29 is 14.4 Å². The Labute approximate surface area is 193 Å². The number of piperidine rings is 2. The van der Waals surface area contributed by atoms with Crippen molar-refractivity contribution in [3.05, 3.63) is 16.0 Å². The molecule has 1 atom stereocenters. The van der Waals surface area contributed by atoms with Gasteiger partial charge in [0.15, 0.2) is 5.78 Å². The second kappa shape index (κ2) is 9.11. The van der Waals surface area contributed by atoms with E-state index in [1.54, 1.807) is 0 Å². The average molecular weight is 465 g/mol. The van der Waals surface area contributed by atoms with Crippen LogP contribution in [0, 0.1) is 0 Å². The molecule has 0 saturated carbocycles. The highest BCUT2D eigenvalue weighted by Crippen LogP contribution is 2.38. The maximum atomic E-state index is 13.3. The first-order valence-electron chi connectivity index (χ1n) is 11.3. The van der Waals surface area contributed by atoms with E-state index in [0.29, 0.717) is 54.1 Å². The summed E-state index contributed by atoms with van der Waals surface area (Å²) in [7, 11) is 0. The number of amides is 2. The van der Waals surface area contributed by atoms with Gasteiger partial charge in [-0.25, -0.2) is 0 Å². The molecule has 9 heteroatoms. The molecule has 3 N–H and O–H groups in total. The lowest BCUT2D eigenvalue weighted by Gasteiger charge is -2.45. The summed E-state index contributed by atoms with van der Waals surface area (Å²) in [4.78, 5) is 42.9. The molecule has 1 aliphatic carbocycles. The van der Waals surface area contributed by atoms with E-state index >= 15 is 0 Å². The average Bonchev–Trinajstić information content (AvgIpc) is 3.11. The van der Waals surface area contributed by atoms with Gasteiger partial charge < -0.3 is 16.0 Å². The minimum absolute atomic E-state index is 0.0166. The third-order valence-corrected chi connectivity index (χ3v) is 8.53. The Morgan fingerprint density at radius 1 is 1.23 bits per heavy atom. The van der Waals surface area contributed by atoms with E-state index in [1.807, 2.05) is 11.8 Å². The van der Waals surface area contributed by atoms with E-state index in [1.165, 1.54) is 11.3 Å². The van der Waals surface area contributed by atoms with Gasteiger partial charge in [-0.3, -0.25) is 19.3 Å². The Bertz CT molecular complexity index is 878. The summed E-state index contributed by atoms with van der Waals surface area (Å²) in [5.41, 5.74) is 7.61. The summed E-state index contributed by atoms with van der Waals surface area (Å²) in [6, 6.07) is 0.348. The zero-order valence-corrected chi connectivity index (χ0v) is 19.8. The van der Waals surface area contributed by atoms with Gasteiger partial charge in [-0.1, -0.05) is 0 Å². The van der Waals surface area contributed by atoms with Crippen LogP contribution >= 0.6 is 24.0 Å². The van der Waals surface area contributed by atoms with Gasteiger partial charge >= 0.3 is 0 Å². The number of ketones is 1. The normalized spacial score (nSPS) is 25.4. The predicted octanol–water partition coefficient (Wildman–Crippen LogP) is 2.35. The first kappa shape index (κ1) is 22.6. The van der Waals surface area contributed by atoms with Gasteiger partial charge in [-0.15, -0.1) is 11.3 Å². The highest BCUT2D eigenvalue weighted by Gasteiger charge is 2.41. The molecule has 1 aromatic rings. The molecule has 0 aromatic carbocycles. The van der Waals surface area contributed by atoms with Crippen LogP contribution < -0.4 is 11.1 Å². The Morgan fingerprint density at radius 3 is 2.68 bits per heavy atom. The molecule has 31 heavy (non-hydrogen) atoms. The number of Topliss-reactive ketones (excluding diaryl/α,β-unsaturated/α-hetero) is 1. The highest BCUT2D eigenvalue weighted by molar-refractivity contribution is 7.82. The first-order valence-corrected chi connectivity index (χ1v) is 12.6. The first-order chi connectivity index (χ1) is 14.8. The molecule has 3 heterocycles. The molecular weight excluding hydrogens is 432 g/mol. The number of rotatable bonds is 4. The minimum Gasteiger partial charge on any atom is -0.390 e. The number of nitrogens with one attached hydrogen (secondary N) is 1. The fraction of sp³-hybridized carbons (Fsp3) is 0.682. The van der Waals surface area contributed by atoms with Crippen LogP contribution in [0.5, 0.6) is 0 Å². The Hall–Kier alpha value is -1.58. The second-order valence-electron chi connectivity index (χ2n) is 8.91. The number of hydrogen-bond acceptors (Lipinski definition) is 7. The van der Waals surface area contributed by atoms with Crippen molar-refractivity contribution in [2.24, 2.45) is 0 Å². The van der Waals surface area contributed by atoms with Gasteiger partial charge in [-0.2, -0.15) is 12.6 Å². The number of fused-ring (bicyclic) bond motifs is 1. The molecule has 1 unspecified atom stereocenters. The maximum absolute atomic E-state index is 13.3. The zero-order chi connectivity index (χ0) is 22.2. The van der Waals surface area contributed by atoms with Gasteiger partial charge in [0.25, 0.3) is 5.91 Å². The summed E-state index contributed by atoms with van der Waals surface area (Å²) < 4.78 is -0.641. The van der Waals surface area contributed by atoms with Gasteiger partial charge in [0.2, 0.25) is 5.91 Å². The fourth-order valence-electron chi connectivity index (χ4n) is 5.21. The number of hydrogen-bond donors (Lipinski definition) is 3. The van der Waals surface area contributed by atoms with Crippen molar-refractivity contribution in [3.8, 4) is 0 Å². The minimum atomic E-state index is -0.641. The van der Waals surface area contributed by atoms with Crippen LogP contribution in [0.15, 0.2) is 0 Å². The van der Waals surface area contributed by atoms with Crippen molar-refractivity contribution >= 4 is 46.6 Å².